The second-order valence-corrected chi connectivity index (χ2v) is 4.85. The molecule has 1 N–H and O–H groups in total. The summed E-state index contributed by atoms with van der Waals surface area (Å²) >= 11 is 0. The number of hydrogen-bond donors (Lipinski definition) is 1. The summed E-state index contributed by atoms with van der Waals surface area (Å²) in [4.78, 5) is 11.7. The number of anilines is 1. The van der Waals surface area contributed by atoms with E-state index in [2.05, 4.69) is 5.32 Å². The minimum absolute atomic E-state index is 0.218. The van der Waals surface area contributed by atoms with Gasteiger partial charge < -0.3 is 10.1 Å². The number of rotatable bonds is 5. The quantitative estimate of drug-likeness (QED) is 0.824. The van der Waals surface area contributed by atoms with Crippen molar-refractivity contribution in [2.75, 3.05) is 11.9 Å². The highest BCUT2D eigenvalue weighted by Crippen LogP contribution is 2.29. The van der Waals surface area contributed by atoms with Crippen LogP contribution in [0.1, 0.15) is 28.4 Å². The smallest absolute Gasteiger partial charge is 0.416 e. The molecule has 0 aliphatic carbocycles. The number of halogens is 3. The summed E-state index contributed by atoms with van der Waals surface area (Å²) in [5.41, 5.74) is 0.840. The van der Waals surface area contributed by atoms with Crippen LogP contribution in [0, 0.1) is 0 Å². The van der Waals surface area contributed by atoms with E-state index in [1.165, 1.54) is 6.07 Å². The Morgan fingerprint density at radius 1 is 1.13 bits per heavy atom. The van der Waals surface area contributed by atoms with E-state index in [9.17, 15) is 18.0 Å². The lowest BCUT2D eigenvalue weighted by Crippen LogP contribution is -2.08. The molecule has 0 saturated carbocycles. The minimum atomic E-state index is -4.36. The molecule has 23 heavy (non-hydrogen) atoms. The van der Waals surface area contributed by atoms with Gasteiger partial charge in [-0.2, -0.15) is 13.2 Å². The van der Waals surface area contributed by atoms with E-state index < -0.39 is 17.7 Å². The van der Waals surface area contributed by atoms with Crippen molar-refractivity contribution < 1.29 is 22.7 Å². The number of carbonyl (C=O) groups is 1. The van der Waals surface area contributed by atoms with Gasteiger partial charge in [-0.3, -0.25) is 0 Å². The third-order valence-corrected chi connectivity index (χ3v) is 3.12. The molecule has 0 fully saturated rings. The topological polar surface area (TPSA) is 38.3 Å². The Bertz CT molecular complexity index is 684. The van der Waals surface area contributed by atoms with Gasteiger partial charge in [0.15, 0.2) is 0 Å². The van der Waals surface area contributed by atoms with Gasteiger partial charge in [-0.25, -0.2) is 4.79 Å². The Kier molecular flexibility index (Phi) is 5.26. The Labute approximate surface area is 132 Å². The Balaban J connectivity index is 2.07. The highest BCUT2D eigenvalue weighted by Gasteiger charge is 2.30. The van der Waals surface area contributed by atoms with Crippen LogP contribution < -0.4 is 5.32 Å². The summed E-state index contributed by atoms with van der Waals surface area (Å²) in [6, 6.07) is 11.7. The molecule has 0 aromatic heterocycles. The lowest BCUT2D eigenvalue weighted by atomic mass is 10.1. The van der Waals surface area contributed by atoms with Gasteiger partial charge in [0.05, 0.1) is 17.7 Å². The Morgan fingerprint density at radius 2 is 1.87 bits per heavy atom. The first-order chi connectivity index (χ1) is 10.9. The van der Waals surface area contributed by atoms with Crippen LogP contribution in [-0.4, -0.2) is 12.6 Å². The average molecular weight is 323 g/mol. The number of benzene rings is 2. The van der Waals surface area contributed by atoms with Crippen molar-refractivity contribution in [2.45, 2.75) is 19.6 Å². The predicted molar refractivity (Wildman–Crippen MR) is 81.2 cm³/mol. The SMILES string of the molecule is CCOC(=O)c1cccc(NCc2cccc(C(F)(F)F)c2)c1. The molecule has 0 aliphatic rings. The van der Waals surface area contributed by atoms with Crippen molar-refractivity contribution in [3.63, 3.8) is 0 Å². The van der Waals surface area contributed by atoms with E-state index in [0.717, 1.165) is 12.1 Å². The van der Waals surface area contributed by atoms with E-state index >= 15 is 0 Å². The molecule has 0 amide bonds. The van der Waals surface area contributed by atoms with Crippen LogP contribution in [0.3, 0.4) is 0 Å². The molecule has 0 aliphatic heterocycles. The van der Waals surface area contributed by atoms with Gasteiger partial charge in [-0.05, 0) is 42.8 Å². The normalized spacial score (nSPS) is 11.1. The van der Waals surface area contributed by atoms with E-state index in [1.807, 2.05) is 0 Å². The zero-order chi connectivity index (χ0) is 16.9. The summed E-state index contributed by atoms with van der Waals surface area (Å²) < 4.78 is 42.9. The number of nitrogens with one attached hydrogen (secondary N) is 1. The van der Waals surface area contributed by atoms with Crippen LogP contribution in [-0.2, 0) is 17.5 Å². The lowest BCUT2D eigenvalue weighted by Gasteiger charge is -2.11. The van der Waals surface area contributed by atoms with E-state index in [1.54, 1.807) is 37.3 Å². The van der Waals surface area contributed by atoms with E-state index in [-0.39, 0.29) is 13.2 Å². The largest absolute Gasteiger partial charge is 0.462 e. The van der Waals surface area contributed by atoms with Crippen LogP contribution in [0.4, 0.5) is 18.9 Å². The molecule has 0 bridgehead atoms. The van der Waals surface area contributed by atoms with Crippen molar-refractivity contribution >= 4 is 11.7 Å². The van der Waals surface area contributed by atoms with Crippen LogP contribution in [0.25, 0.3) is 0 Å². The van der Waals surface area contributed by atoms with Crippen LogP contribution in [0.5, 0.6) is 0 Å². The summed E-state index contributed by atoms with van der Waals surface area (Å²) in [6.45, 7) is 2.21. The first-order valence-corrected chi connectivity index (χ1v) is 7.07. The molecule has 122 valence electrons. The maximum absolute atomic E-state index is 12.7. The molecule has 0 heterocycles. The fourth-order valence-electron chi connectivity index (χ4n) is 2.03. The molecule has 0 radical (unpaired) electrons. The molecule has 2 aromatic carbocycles. The zero-order valence-electron chi connectivity index (χ0n) is 12.5. The first-order valence-electron chi connectivity index (χ1n) is 7.07. The van der Waals surface area contributed by atoms with Crippen LogP contribution >= 0.6 is 0 Å². The number of esters is 1. The van der Waals surface area contributed by atoms with Gasteiger partial charge in [0.1, 0.15) is 0 Å². The van der Waals surface area contributed by atoms with Gasteiger partial charge in [-0.15, -0.1) is 0 Å². The van der Waals surface area contributed by atoms with Gasteiger partial charge in [0.2, 0.25) is 0 Å². The van der Waals surface area contributed by atoms with Crippen molar-refractivity contribution in [1.82, 2.24) is 0 Å². The van der Waals surface area contributed by atoms with E-state index in [4.69, 9.17) is 4.74 Å². The highest BCUT2D eigenvalue weighted by molar-refractivity contribution is 5.90. The van der Waals surface area contributed by atoms with Crippen molar-refractivity contribution in [3.05, 3.63) is 65.2 Å². The van der Waals surface area contributed by atoms with E-state index in [0.29, 0.717) is 16.8 Å². The summed E-state index contributed by atoms with van der Waals surface area (Å²) in [5.74, 6) is -0.435. The third kappa shape index (κ3) is 4.74. The molecule has 0 spiro atoms. The highest BCUT2D eigenvalue weighted by atomic mass is 19.4. The molecular weight excluding hydrogens is 307 g/mol. The van der Waals surface area contributed by atoms with Gasteiger partial charge in [0, 0.05) is 12.2 Å². The fraction of sp³-hybridized carbons (Fsp3) is 0.235. The number of hydrogen-bond acceptors (Lipinski definition) is 3. The van der Waals surface area contributed by atoms with Crippen molar-refractivity contribution in [3.8, 4) is 0 Å². The molecule has 6 heteroatoms. The standard InChI is InChI=1S/C17H16F3NO2/c1-2-23-16(22)13-6-4-8-15(10-13)21-11-12-5-3-7-14(9-12)17(18,19)20/h3-10,21H,2,11H2,1H3. The lowest BCUT2D eigenvalue weighted by molar-refractivity contribution is -0.137. The summed E-state index contributed by atoms with van der Waals surface area (Å²) in [6.07, 6.45) is -4.36. The number of ether oxygens (including phenoxy) is 1. The van der Waals surface area contributed by atoms with Gasteiger partial charge >= 0.3 is 12.1 Å². The molecule has 0 atom stereocenters. The number of carbonyl (C=O) groups excluding carboxylic acids is 1. The summed E-state index contributed by atoms with van der Waals surface area (Å²) in [7, 11) is 0. The summed E-state index contributed by atoms with van der Waals surface area (Å²) in [5, 5.41) is 3.00. The van der Waals surface area contributed by atoms with Gasteiger partial charge in [0.25, 0.3) is 0 Å². The predicted octanol–water partition coefficient (Wildman–Crippen LogP) is 4.49. The Morgan fingerprint density at radius 3 is 2.57 bits per heavy atom. The minimum Gasteiger partial charge on any atom is -0.462 e. The van der Waals surface area contributed by atoms with Crippen LogP contribution in [0.2, 0.25) is 0 Å². The molecule has 3 nitrogen and oxygen atoms in total. The monoisotopic (exact) mass is 323 g/mol. The third-order valence-electron chi connectivity index (χ3n) is 3.12. The fourth-order valence-corrected chi connectivity index (χ4v) is 2.03. The maximum atomic E-state index is 12.7. The maximum Gasteiger partial charge on any atom is 0.416 e. The number of alkyl halides is 3. The molecule has 0 unspecified atom stereocenters. The molecule has 2 aromatic rings. The molecule has 2 rings (SSSR count). The first kappa shape index (κ1) is 16.9. The second-order valence-electron chi connectivity index (χ2n) is 4.85. The van der Waals surface area contributed by atoms with Gasteiger partial charge in [-0.1, -0.05) is 18.2 Å². The zero-order valence-corrected chi connectivity index (χ0v) is 12.5. The average Bonchev–Trinajstić information content (AvgIpc) is 2.53. The molecular formula is C17H16F3NO2. The Hall–Kier alpha value is -2.50. The van der Waals surface area contributed by atoms with Crippen LogP contribution in [0.15, 0.2) is 48.5 Å². The second kappa shape index (κ2) is 7.17. The van der Waals surface area contributed by atoms with Crippen molar-refractivity contribution in [1.29, 1.82) is 0 Å². The van der Waals surface area contributed by atoms with Crippen molar-refractivity contribution in [2.24, 2.45) is 0 Å². The molecule has 0 saturated heterocycles.